The van der Waals surface area contributed by atoms with Crippen LogP contribution >= 0.6 is 0 Å². The van der Waals surface area contributed by atoms with E-state index in [-0.39, 0.29) is 17.4 Å². The first-order valence-electron chi connectivity index (χ1n) is 7.23. The Bertz CT molecular complexity index is 422. The molecular weight excluding hydrogens is 252 g/mol. The van der Waals surface area contributed by atoms with Crippen LogP contribution in [0.4, 0.5) is 0 Å². The molecule has 1 atom stereocenters. The summed E-state index contributed by atoms with van der Waals surface area (Å²) < 4.78 is 5.30. The van der Waals surface area contributed by atoms with Crippen molar-refractivity contribution in [2.24, 2.45) is 5.41 Å². The standard InChI is InChI=1S/C16H24N2O2/c1-13(14-6-4-3-5-7-14)18-15(19)16(12-20-2)8-10-17-11-9-16/h3-7,13,17H,8-12H2,1-2H3,(H,18,19). The number of carbonyl (C=O) groups is 1. The van der Waals surface area contributed by atoms with Crippen molar-refractivity contribution in [2.75, 3.05) is 26.8 Å². The van der Waals surface area contributed by atoms with Crippen LogP contribution in [0.2, 0.25) is 0 Å². The van der Waals surface area contributed by atoms with Crippen LogP contribution in [0.5, 0.6) is 0 Å². The first kappa shape index (κ1) is 15.0. The number of piperidine rings is 1. The highest BCUT2D eigenvalue weighted by molar-refractivity contribution is 5.83. The van der Waals surface area contributed by atoms with Crippen LogP contribution in [0, 0.1) is 5.41 Å². The molecule has 4 heteroatoms. The molecule has 2 rings (SSSR count). The number of hydrogen-bond donors (Lipinski definition) is 2. The van der Waals surface area contributed by atoms with Crippen LogP contribution in [-0.2, 0) is 9.53 Å². The highest BCUT2D eigenvalue weighted by Gasteiger charge is 2.40. The third-order valence-corrected chi connectivity index (χ3v) is 4.11. The quantitative estimate of drug-likeness (QED) is 0.863. The fourth-order valence-electron chi connectivity index (χ4n) is 2.79. The third-order valence-electron chi connectivity index (χ3n) is 4.11. The number of benzene rings is 1. The van der Waals surface area contributed by atoms with Gasteiger partial charge in [-0.05, 0) is 38.4 Å². The summed E-state index contributed by atoms with van der Waals surface area (Å²) in [5.41, 5.74) is 0.741. The zero-order chi connectivity index (χ0) is 14.4. The lowest BCUT2D eigenvalue weighted by atomic mass is 9.78. The van der Waals surface area contributed by atoms with E-state index in [0.717, 1.165) is 31.5 Å². The summed E-state index contributed by atoms with van der Waals surface area (Å²) in [5.74, 6) is 0.109. The van der Waals surface area contributed by atoms with Crippen LogP contribution in [0.3, 0.4) is 0 Å². The van der Waals surface area contributed by atoms with Gasteiger partial charge in [0.1, 0.15) is 0 Å². The fourth-order valence-corrected chi connectivity index (χ4v) is 2.79. The van der Waals surface area contributed by atoms with Crippen molar-refractivity contribution in [3.05, 3.63) is 35.9 Å². The van der Waals surface area contributed by atoms with Gasteiger partial charge in [0.25, 0.3) is 0 Å². The van der Waals surface area contributed by atoms with Crippen molar-refractivity contribution in [2.45, 2.75) is 25.8 Å². The maximum Gasteiger partial charge on any atom is 0.229 e. The number of hydrogen-bond acceptors (Lipinski definition) is 3. The highest BCUT2D eigenvalue weighted by Crippen LogP contribution is 2.30. The van der Waals surface area contributed by atoms with Gasteiger partial charge in [-0.3, -0.25) is 4.79 Å². The van der Waals surface area contributed by atoms with E-state index < -0.39 is 0 Å². The minimum atomic E-state index is -0.386. The minimum absolute atomic E-state index is 0.0207. The van der Waals surface area contributed by atoms with Crippen molar-refractivity contribution < 1.29 is 9.53 Å². The highest BCUT2D eigenvalue weighted by atomic mass is 16.5. The second-order valence-corrected chi connectivity index (χ2v) is 5.57. The molecule has 4 nitrogen and oxygen atoms in total. The van der Waals surface area contributed by atoms with E-state index in [4.69, 9.17) is 4.74 Å². The molecule has 110 valence electrons. The van der Waals surface area contributed by atoms with Gasteiger partial charge in [0, 0.05) is 7.11 Å². The Kier molecular flexibility index (Phi) is 5.15. The molecule has 1 fully saturated rings. The van der Waals surface area contributed by atoms with Crippen molar-refractivity contribution in [1.29, 1.82) is 0 Å². The maximum atomic E-state index is 12.7. The molecule has 1 aromatic rings. The predicted molar refractivity (Wildman–Crippen MR) is 79.4 cm³/mol. The lowest BCUT2D eigenvalue weighted by Gasteiger charge is -2.36. The molecule has 1 aliphatic heterocycles. The average Bonchev–Trinajstić information content (AvgIpc) is 2.49. The molecule has 0 spiro atoms. The first-order valence-corrected chi connectivity index (χ1v) is 7.23. The largest absolute Gasteiger partial charge is 0.384 e. The molecule has 0 aliphatic carbocycles. The SMILES string of the molecule is COCC1(C(=O)NC(C)c2ccccc2)CCNCC1. The summed E-state index contributed by atoms with van der Waals surface area (Å²) in [5, 5.41) is 6.45. The van der Waals surface area contributed by atoms with E-state index >= 15 is 0 Å². The summed E-state index contributed by atoms with van der Waals surface area (Å²) in [7, 11) is 1.66. The van der Waals surface area contributed by atoms with Gasteiger partial charge in [-0.25, -0.2) is 0 Å². The van der Waals surface area contributed by atoms with Gasteiger partial charge in [-0.1, -0.05) is 30.3 Å². The van der Waals surface area contributed by atoms with Gasteiger partial charge in [0.05, 0.1) is 18.1 Å². The lowest BCUT2D eigenvalue weighted by molar-refractivity contribution is -0.136. The van der Waals surface area contributed by atoms with Gasteiger partial charge < -0.3 is 15.4 Å². The average molecular weight is 276 g/mol. The van der Waals surface area contributed by atoms with Crippen molar-refractivity contribution >= 4 is 5.91 Å². The lowest BCUT2D eigenvalue weighted by Crippen LogP contribution is -2.50. The number of carbonyl (C=O) groups excluding carboxylic acids is 1. The van der Waals surface area contributed by atoms with Crippen molar-refractivity contribution in [3.63, 3.8) is 0 Å². The van der Waals surface area contributed by atoms with Gasteiger partial charge in [0.15, 0.2) is 0 Å². The van der Waals surface area contributed by atoms with Gasteiger partial charge >= 0.3 is 0 Å². The fraction of sp³-hybridized carbons (Fsp3) is 0.562. The minimum Gasteiger partial charge on any atom is -0.384 e. The van der Waals surface area contributed by atoms with Crippen LogP contribution in [0.15, 0.2) is 30.3 Å². The number of methoxy groups -OCH3 is 1. The van der Waals surface area contributed by atoms with Gasteiger partial charge in [-0.15, -0.1) is 0 Å². The first-order chi connectivity index (χ1) is 9.68. The zero-order valence-corrected chi connectivity index (χ0v) is 12.3. The topological polar surface area (TPSA) is 50.4 Å². The number of nitrogens with one attached hydrogen (secondary N) is 2. The second-order valence-electron chi connectivity index (χ2n) is 5.57. The van der Waals surface area contributed by atoms with Crippen LogP contribution in [0.1, 0.15) is 31.4 Å². The van der Waals surface area contributed by atoms with E-state index in [1.807, 2.05) is 37.3 Å². The zero-order valence-electron chi connectivity index (χ0n) is 12.3. The van der Waals surface area contributed by atoms with Crippen LogP contribution < -0.4 is 10.6 Å². The molecule has 1 aromatic carbocycles. The second kappa shape index (κ2) is 6.86. The Balaban J connectivity index is 2.05. The molecule has 1 saturated heterocycles. The summed E-state index contributed by atoms with van der Waals surface area (Å²) >= 11 is 0. The predicted octanol–water partition coefficient (Wildman–Crippen LogP) is 1.88. The van der Waals surface area contributed by atoms with E-state index in [1.165, 1.54) is 0 Å². The Labute approximate surface area is 120 Å². The molecule has 0 bridgehead atoms. The monoisotopic (exact) mass is 276 g/mol. The molecule has 0 saturated carbocycles. The molecule has 20 heavy (non-hydrogen) atoms. The molecule has 1 amide bonds. The summed E-state index contributed by atoms with van der Waals surface area (Å²) in [6, 6.07) is 10.1. The molecule has 1 aliphatic rings. The van der Waals surface area contributed by atoms with Crippen LogP contribution in [0.25, 0.3) is 0 Å². The molecule has 0 aromatic heterocycles. The normalized spacial score (nSPS) is 19.3. The summed E-state index contributed by atoms with van der Waals surface area (Å²) in [4.78, 5) is 12.7. The maximum absolute atomic E-state index is 12.7. The van der Waals surface area contributed by atoms with Gasteiger partial charge in [0.2, 0.25) is 5.91 Å². The van der Waals surface area contributed by atoms with Gasteiger partial charge in [-0.2, -0.15) is 0 Å². The molecule has 1 heterocycles. The Hall–Kier alpha value is -1.39. The van der Waals surface area contributed by atoms with Crippen molar-refractivity contribution in [1.82, 2.24) is 10.6 Å². The third kappa shape index (κ3) is 3.38. The van der Waals surface area contributed by atoms with E-state index in [9.17, 15) is 4.79 Å². The Morgan fingerprint density at radius 3 is 2.60 bits per heavy atom. The van der Waals surface area contributed by atoms with E-state index in [1.54, 1.807) is 7.11 Å². The molecule has 0 radical (unpaired) electrons. The van der Waals surface area contributed by atoms with E-state index in [0.29, 0.717) is 6.61 Å². The number of rotatable bonds is 5. The smallest absolute Gasteiger partial charge is 0.229 e. The Morgan fingerprint density at radius 1 is 1.35 bits per heavy atom. The molecular formula is C16H24N2O2. The van der Waals surface area contributed by atoms with E-state index in [2.05, 4.69) is 10.6 Å². The molecule has 2 N–H and O–H groups in total. The number of ether oxygens (including phenoxy) is 1. The Morgan fingerprint density at radius 2 is 2.00 bits per heavy atom. The van der Waals surface area contributed by atoms with Crippen molar-refractivity contribution in [3.8, 4) is 0 Å². The summed E-state index contributed by atoms with van der Waals surface area (Å²) in [6.07, 6.45) is 1.66. The number of amides is 1. The molecule has 1 unspecified atom stereocenters. The summed E-state index contributed by atoms with van der Waals surface area (Å²) in [6.45, 7) is 4.25. The van der Waals surface area contributed by atoms with Crippen LogP contribution in [-0.4, -0.2) is 32.7 Å².